The maximum absolute atomic E-state index is 12.9. The maximum atomic E-state index is 12.9. The molecule has 7 heteroatoms. The van der Waals surface area contributed by atoms with Crippen molar-refractivity contribution in [3.63, 3.8) is 0 Å². The number of alkyl halides is 1. The first-order valence-corrected chi connectivity index (χ1v) is 9.11. The van der Waals surface area contributed by atoms with Crippen molar-refractivity contribution < 1.29 is 8.42 Å². The largest absolute Gasteiger partial charge is 0.281 e. The molecule has 0 spiro atoms. The average molecular weight is 320 g/mol. The molecule has 1 aromatic heterocycles. The summed E-state index contributed by atoms with van der Waals surface area (Å²) in [6.07, 6.45) is 5.29. The van der Waals surface area contributed by atoms with E-state index in [0.717, 1.165) is 25.7 Å². The molecule has 0 bridgehead atoms. The van der Waals surface area contributed by atoms with Gasteiger partial charge >= 0.3 is 0 Å². The van der Waals surface area contributed by atoms with Crippen LogP contribution >= 0.6 is 11.6 Å². The van der Waals surface area contributed by atoms with Gasteiger partial charge in [0, 0.05) is 12.6 Å². The van der Waals surface area contributed by atoms with Crippen LogP contribution in [0, 0.1) is 6.92 Å². The van der Waals surface area contributed by atoms with Crippen LogP contribution < -0.4 is 0 Å². The molecule has 0 unspecified atom stereocenters. The summed E-state index contributed by atoms with van der Waals surface area (Å²) in [4.78, 5) is 0.264. The van der Waals surface area contributed by atoms with E-state index in [0.29, 0.717) is 17.9 Å². The summed E-state index contributed by atoms with van der Waals surface area (Å²) in [5, 5.41) is 6.74. The molecule has 1 heterocycles. The van der Waals surface area contributed by atoms with Gasteiger partial charge in [-0.2, -0.15) is 9.40 Å². The predicted molar refractivity (Wildman–Crippen MR) is 79.3 cm³/mol. The third kappa shape index (κ3) is 2.87. The summed E-state index contributed by atoms with van der Waals surface area (Å²) >= 11 is 5.82. The van der Waals surface area contributed by atoms with Gasteiger partial charge in [-0.05, 0) is 19.8 Å². The van der Waals surface area contributed by atoms with Crippen LogP contribution in [0.1, 0.15) is 50.4 Å². The van der Waals surface area contributed by atoms with Crippen LogP contribution in [0.25, 0.3) is 0 Å². The van der Waals surface area contributed by atoms with Crippen molar-refractivity contribution in [1.82, 2.24) is 14.5 Å². The Labute approximate surface area is 125 Å². The Bertz CT molecular complexity index is 550. The van der Waals surface area contributed by atoms with E-state index < -0.39 is 10.0 Å². The molecule has 0 aliphatic heterocycles. The highest BCUT2D eigenvalue weighted by Gasteiger charge is 2.34. The van der Waals surface area contributed by atoms with Crippen molar-refractivity contribution in [3.05, 3.63) is 11.4 Å². The quantitative estimate of drug-likeness (QED) is 0.849. The summed E-state index contributed by atoms with van der Waals surface area (Å²) in [5.41, 5.74) is 0.980. The average Bonchev–Trinajstić information content (AvgIpc) is 2.82. The van der Waals surface area contributed by atoms with Crippen LogP contribution in [0.5, 0.6) is 0 Å². The molecule has 1 aliphatic rings. The number of rotatable bonds is 5. The van der Waals surface area contributed by atoms with E-state index in [1.165, 1.54) is 6.42 Å². The molecule has 114 valence electrons. The van der Waals surface area contributed by atoms with E-state index in [9.17, 15) is 8.42 Å². The molecule has 5 nitrogen and oxygen atoms in total. The van der Waals surface area contributed by atoms with Gasteiger partial charge in [0.25, 0.3) is 0 Å². The SMILES string of the molecule is CCN(C1CCCCC1)S(=O)(=O)c1c(CCl)n[nH]c1C. The first-order valence-electron chi connectivity index (χ1n) is 7.14. The first kappa shape index (κ1) is 15.8. The molecule has 1 aromatic rings. The minimum absolute atomic E-state index is 0.0983. The van der Waals surface area contributed by atoms with Crippen LogP contribution in [-0.2, 0) is 15.9 Å². The Hall–Kier alpha value is -0.590. The maximum Gasteiger partial charge on any atom is 0.247 e. The number of halogens is 1. The van der Waals surface area contributed by atoms with Gasteiger partial charge < -0.3 is 0 Å². The van der Waals surface area contributed by atoms with Gasteiger partial charge in [-0.15, -0.1) is 11.6 Å². The fourth-order valence-electron chi connectivity index (χ4n) is 3.01. The van der Waals surface area contributed by atoms with Gasteiger partial charge in [-0.3, -0.25) is 5.10 Å². The molecule has 1 N–H and O–H groups in total. The van der Waals surface area contributed by atoms with Gasteiger partial charge in [0.15, 0.2) is 0 Å². The second-order valence-electron chi connectivity index (χ2n) is 5.26. The van der Waals surface area contributed by atoms with Gasteiger partial charge in [0.05, 0.1) is 17.3 Å². The minimum Gasteiger partial charge on any atom is -0.281 e. The lowest BCUT2D eigenvalue weighted by Gasteiger charge is -2.32. The molecule has 1 saturated carbocycles. The van der Waals surface area contributed by atoms with Crippen LogP contribution in [-0.4, -0.2) is 35.5 Å². The topological polar surface area (TPSA) is 66.1 Å². The Morgan fingerprint density at radius 1 is 1.35 bits per heavy atom. The van der Waals surface area contributed by atoms with Crippen molar-refractivity contribution >= 4 is 21.6 Å². The molecular weight excluding hydrogens is 298 g/mol. The Morgan fingerprint density at radius 3 is 2.55 bits per heavy atom. The minimum atomic E-state index is -3.53. The van der Waals surface area contributed by atoms with Crippen LogP contribution in [0.4, 0.5) is 0 Å². The van der Waals surface area contributed by atoms with Crippen molar-refractivity contribution in [1.29, 1.82) is 0 Å². The number of sulfonamides is 1. The number of hydrogen-bond donors (Lipinski definition) is 1. The van der Waals surface area contributed by atoms with Crippen molar-refractivity contribution in [3.8, 4) is 0 Å². The number of aromatic nitrogens is 2. The van der Waals surface area contributed by atoms with Crippen molar-refractivity contribution in [2.24, 2.45) is 0 Å². The molecule has 0 aromatic carbocycles. The van der Waals surface area contributed by atoms with Crippen molar-refractivity contribution in [2.75, 3.05) is 6.54 Å². The van der Waals surface area contributed by atoms with E-state index in [2.05, 4.69) is 10.2 Å². The second-order valence-corrected chi connectivity index (χ2v) is 7.35. The summed E-state index contributed by atoms with van der Waals surface area (Å²) in [6, 6.07) is 0.108. The molecule has 0 amide bonds. The molecule has 2 rings (SSSR count). The number of nitrogens with zero attached hydrogens (tertiary/aromatic N) is 2. The third-order valence-corrected chi connectivity index (χ3v) is 6.43. The molecular formula is C13H22ClN3O2S. The van der Waals surface area contributed by atoms with E-state index >= 15 is 0 Å². The number of aryl methyl sites for hydroxylation is 1. The number of hydrogen-bond acceptors (Lipinski definition) is 3. The molecule has 0 atom stereocenters. The smallest absolute Gasteiger partial charge is 0.247 e. The fourth-order valence-corrected chi connectivity index (χ4v) is 5.31. The van der Waals surface area contributed by atoms with E-state index in [-0.39, 0.29) is 16.8 Å². The zero-order chi connectivity index (χ0) is 14.8. The Balaban J connectivity index is 2.38. The standard InChI is InChI=1S/C13H22ClN3O2S/c1-3-17(11-7-5-4-6-8-11)20(18,19)13-10(2)15-16-12(13)9-14/h11H,3-9H2,1-2H3,(H,15,16). The monoisotopic (exact) mass is 319 g/mol. The molecule has 1 aliphatic carbocycles. The first-order chi connectivity index (χ1) is 9.52. The van der Waals surface area contributed by atoms with Crippen molar-refractivity contribution in [2.45, 2.75) is 62.8 Å². The van der Waals surface area contributed by atoms with E-state index in [4.69, 9.17) is 11.6 Å². The highest BCUT2D eigenvalue weighted by molar-refractivity contribution is 7.89. The fraction of sp³-hybridized carbons (Fsp3) is 0.769. The molecule has 0 radical (unpaired) electrons. The van der Waals surface area contributed by atoms with E-state index in [1.807, 2.05) is 6.92 Å². The number of aromatic amines is 1. The summed E-state index contributed by atoms with van der Waals surface area (Å²) in [5.74, 6) is 0.0983. The zero-order valence-electron chi connectivity index (χ0n) is 12.0. The third-order valence-electron chi connectivity index (χ3n) is 3.95. The zero-order valence-corrected chi connectivity index (χ0v) is 13.6. The molecule has 0 saturated heterocycles. The van der Waals surface area contributed by atoms with Gasteiger partial charge in [-0.25, -0.2) is 8.42 Å². The summed E-state index contributed by atoms with van der Waals surface area (Å²) in [6.45, 7) is 4.10. The highest BCUT2D eigenvalue weighted by atomic mass is 35.5. The number of H-pyrrole nitrogens is 1. The summed E-state index contributed by atoms with van der Waals surface area (Å²) in [7, 11) is -3.53. The highest BCUT2D eigenvalue weighted by Crippen LogP contribution is 2.30. The second kappa shape index (κ2) is 6.45. The Kier molecular flexibility index (Phi) is 5.09. The summed E-state index contributed by atoms with van der Waals surface area (Å²) < 4.78 is 27.5. The van der Waals surface area contributed by atoms with Crippen LogP contribution in [0.15, 0.2) is 4.90 Å². The normalized spacial score (nSPS) is 17.8. The van der Waals surface area contributed by atoms with Gasteiger partial charge in [0.1, 0.15) is 4.90 Å². The molecule has 20 heavy (non-hydrogen) atoms. The predicted octanol–water partition coefficient (Wildman–Crippen LogP) is 2.80. The molecule has 1 fully saturated rings. The lowest BCUT2D eigenvalue weighted by atomic mass is 9.95. The van der Waals surface area contributed by atoms with Gasteiger partial charge in [0.2, 0.25) is 10.0 Å². The lowest BCUT2D eigenvalue weighted by molar-refractivity contribution is 0.261. The lowest BCUT2D eigenvalue weighted by Crippen LogP contribution is -2.41. The van der Waals surface area contributed by atoms with Crippen LogP contribution in [0.3, 0.4) is 0 Å². The van der Waals surface area contributed by atoms with Crippen LogP contribution in [0.2, 0.25) is 0 Å². The van der Waals surface area contributed by atoms with Gasteiger partial charge in [-0.1, -0.05) is 26.2 Å². The Morgan fingerprint density at radius 2 is 2.00 bits per heavy atom. The van der Waals surface area contributed by atoms with E-state index in [1.54, 1.807) is 11.2 Å². The number of nitrogens with one attached hydrogen (secondary N) is 1.